The van der Waals surface area contributed by atoms with Crippen LogP contribution in [0.4, 0.5) is 0 Å². The van der Waals surface area contributed by atoms with Gasteiger partial charge in [0, 0.05) is 24.3 Å². The Morgan fingerprint density at radius 3 is 2.74 bits per heavy atom. The third kappa shape index (κ3) is 5.26. The summed E-state index contributed by atoms with van der Waals surface area (Å²) < 4.78 is 0. The minimum absolute atomic E-state index is 0. The molecule has 110 valence electrons. The van der Waals surface area contributed by atoms with E-state index in [1.807, 2.05) is 13.8 Å². The zero-order valence-corrected chi connectivity index (χ0v) is 13.6. The summed E-state index contributed by atoms with van der Waals surface area (Å²) in [5.41, 5.74) is 1.07. The van der Waals surface area contributed by atoms with Gasteiger partial charge in [-0.25, -0.2) is 4.98 Å². The molecule has 1 fully saturated rings. The first kappa shape index (κ1) is 18.6. The van der Waals surface area contributed by atoms with Crippen molar-refractivity contribution in [2.24, 2.45) is 11.8 Å². The van der Waals surface area contributed by atoms with Gasteiger partial charge in [-0.05, 0) is 25.9 Å². The standard InChI is InChI=1S/C12H19N3OS.2ClH/c1-8(10-5-13-6-10)12(16)14-4-3-11-7-17-9(2)15-11;;/h7-8,10,13H,3-6H2,1-2H3,(H,14,16);2*1H. The van der Waals surface area contributed by atoms with Gasteiger partial charge in [0.1, 0.15) is 0 Å². The van der Waals surface area contributed by atoms with Crippen molar-refractivity contribution in [1.82, 2.24) is 15.6 Å². The molecule has 19 heavy (non-hydrogen) atoms. The molecule has 1 aliphatic rings. The lowest BCUT2D eigenvalue weighted by molar-refractivity contribution is -0.126. The van der Waals surface area contributed by atoms with Crippen LogP contribution in [0.25, 0.3) is 0 Å². The highest BCUT2D eigenvalue weighted by Gasteiger charge is 2.28. The Morgan fingerprint density at radius 2 is 2.26 bits per heavy atom. The van der Waals surface area contributed by atoms with Crippen molar-refractivity contribution in [3.63, 3.8) is 0 Å². The maximum absolute atomic E-state index is 11.8. The average Bonchev–Trinajstić information content (AvgIpc) is 2.61. The van der Waals surface area contributed by atoms with Crippen molar-refractivity contribution < 1.29 is 4.79 Å². The minimum atomic E-state index is 0. The van der Waals surface area contributed by atoms with E-state index in [2.05, 4.69) is 21.0 Å². The molecule has 2 rings (SSSR count). The summed E-state index contributed by atoms with van der Waals surface area (Å²) in [7, 11) is 0. The maximum Gasteiger partial charge on any atom is 0.223 e. The van der Waals surface area contributed by atoms with Crippen LogP contribution in [0.1, 0.15) is 17.6 Å². The second-order valence-corrected chi connectivity index (χ2v) is 5.67. The molecular formula is C12H21Cl2N3OS. The highest BCUT2D eigenvalue weighted by atomic mass is 35.5. The van der Waals surface area contributed by atoms with Gasteiger partial charge in [0.15, 0.2) is 0 Å². The molecule has 0 aromatic carbocycles. The van der Waals surface area contributed by atoms with Gasteiger partial charge >= 0.3 is 0 Å². The van der Waals surface area contributed by atoms with E-state index in [1.165, 1.54) is 0 Å². The van der Waals surface area contributed by atoms with Crippen LogP contribution in [-0.2, 0) is 11.2 Å². The van der Waals surface area contributed by atoms with Gasteiger partial charge in [0.25, 0.3) is 0 Å². The largest absolute Gasteiger partial charge is 0.355 e. The molecule has 1 atom stereocenters. The number of aromatic nitrogens is 1. The van der Waals surface area contributed by atoms with Gasteiger partial charge in [0.2, 0.25) is 5.91 Å². The second kappa shape index (κ2) is 8.74. The third-order valence-electron chi connectivity index (χ3n) is 3.28. The Morgan fingerprint density at radius 1 is 1.58 bits per heavy atom. The number of thiazole rings is 1. The van der Waals surface area contributed by atoms with Crippen LogP contribution in [0.3, 0.4) is 0 Å². The summed E-state index contributed by atoms with van der Waals surface area (Å²) in [5, 5.41) is 9.32. The number of hydrogen-bond donors (Lipinski definition) is 2. The van der Waals surface area contributed by atoms with Crippen LogP contribution in [0.15, 0.2) is 5.38 Å². The molecule has 0 radical (unpaired) electrons. The van der Waals surface area contributed by atoms with Gasteiger partial charge in [-0.2, -0.15) is 0 Å². The first-order valence-corrected chi connectivity index (χ1v) is 6.94. The Labute approximate surface area is 130 Å². The van der Waals surface area contributed by atoms with Crippen molar-refractivity contribution in [2.45, 2.75) is 20.3 Å². The molecule has 1 saturated heterocycles. The van der Waals surface area contributed by atoms with Crippen molar-refractivity contribution in [1.29, 1.82) is 0 Å². The molecule has 1 amide bonds. The van der Waals surface area contributed by atoms with E-state index in [-0.39, 0.29) is 36.6 Å². The fourth-order valence-corrected chi connectivity index (χ4v) is 2.52. The molecule has 1 aliphatic heterocycles. The topological polar surface area (TPSA) is 54.0 Å². The normalized spacial score (nSPS) is 15.7. The minimum Gasteiger partial charge on any atom is -0.355 e. The Kier molecular flexibility index (Phi) is 8.57. The fourth-order valence-electron chi connectivity index (χ4n) is 1.88. The van der Waals surface area contributed by atoms with Crippen LogP contribution in [0.5, 0.6) is 0 Å². The lowest BCUT2D eigenvalue weighted by atomic mass is 9.88. The van der Waals surface area contributed by atoms with Crippen LogP contribution >= 0.6 is 36.2 Å². The molecule has 2 heterocycles. The Bertz CT molecular complexity index is 396. The van der Waals surface area contributed by atoms with Crippen molar-refractivity contribution in [2.75, 3.05) is 19.6 Å². The number of amides is 1. The lowest BCUT2D eigenvalue weighted by Crippen LogP contribution is -2.49. The zero-order valence-electron chi connectivity index (χ0n) is 11.1. The number of aryl methyl sites for hydroxylation is 1. The van der Waals surface area contributed by atoms with Gasteiger partial charge < -0.3 is 10.6 Å². The number of nitrogens with one attached hydrogen (secondary N) is 2. The summed E-state index contributed by atoms with van der Waals surface area (Å²) in [5.74, 6) is 0.799. The van der Waals surface area contributed by atoms with E-state index in [0.29, 0.717) is 12.5 Å². The monoisotopic (exact) mass is 325 g/mol. The molecule has 1 aromatic rings. The van der Waals surface area contributed by atoms with E-state index >= 15 is 0 Å². The Balaban J connectivity index is 0.00000162. The smallest absolute Gasteiger partial charge is 0.223 e. The molecule has 2 N–H and O–H groups in total. The molecule has 1 unspecified atom stereocenters. The van der Waals surface area contributed by atoms with E-state index in [4.69, 9.17) is 0 Å². The Hall–Kier alpha value is -0.360. The molecule has 4 nitrogen and oxygen atoms in total. The van der Waals surface area contributed by atoms with Crippen molar-refractivity contribution in [3.05, 3.63) is 16.1 Å². The van der Waals surface area contributed by atoms with Crippen LogP contribution in [0.2, 0.25) is 0 Å². The number of carbonyl (C=O) groups is 1. The van der Waals surface area contributed by atoms with Crippen LogP contribution < -0.4 is 10.6 Å². The summed E-state index contributed by atoms with van der Waals surface area (Å²) in [6, 6.07) is 0. The summed E-state index contributed by atoms with van der Waals surface area (Å²) >= 11 is 1.66. The van der Waals surface area contributed by atoms with Crippen LogP contribution in [-0.4, -0.2) is 30.5 Å². The highest BCUT2D eigenvalue weighted by Crippen LogP contribution is 2.15. The molecule has 0 bridgehead atoms. The number of rotatable bonds is 5. The van der Waals surface area contributed by atoms with Gasteiger partial charge in [-0.3, -0.25) is 4.79 Å². The van der Waals surface area contributed by atoms with Gasteiger partial charge in [-0.1, -0.05) is 6.92 Å². The molecule has 7 heteroatoms. The van der Waals surface area contributed by atoms with E-state index in [1.54, 1.807) is 11.3 Å². The van der Waals surface area contributed by atoms with E-state index in [0.717, 1.165) is 30.2 Å². The number of carbonyl (C=O) groups excluding carboxylic acids is 1. The summed E-state index contributed by atoms with van der Waals surface area (Å²) in [6.45, 7) is 6.64. The predicted molar refractivity (Wildman–Crippen MR) is 83.6 cm³/mol. The van der Waals surface area contributed by atoms with E-state index in [9.17, 15) is 4.79 Å². The van der Waals surface area contributed by atoms with Crippen LogP contribution in [0, 0.1) is 18.8 Å². The molecule has 0 saturated carbocycles. The van der Waals surface area contributed by atoms with Crippen molar-refractivity contribution in [3.8, 4) is 0 Å². The number of hydrogen-bond acceptors (Lipinski definition) is 4. The average molecular weight is 326 g/mol. The first-order chi connectivity index (χ1) is 8.16. The zero-order chi connectivity index (χ0) is 12.3. The number of halogens is 2. The quantitative estimate of drug-likeness (QED) is 0.868. The molecule has 1 aromatic heterocycles. The summed E-state index contributed by atoms with van der Waals surface area (Å²) in [4.78, 5) is 16.2. The molecule has 0 aliphatic carbocycles. The van der Waals surface area contributed by atoms with Crippen molar-refractivity contribution >= 4 is 42.1 Å². The van der Waals surface area contributed by atoms with E-state index < -0.39 is 0 Å². The first-order valence-electron chi connectivity index (χ1n) is 6.06. The SMILES string of the molecule is Cc1nc(CCNC(=O)C(C)C2CNC2)cs1.Cl.Cl. The van der Waals surface area contributed by atoms with Gasteiger partial charge in [0.05, 0.1) is 10.7 Å². The fraction of sp³-hybridized carbons (Fsp3) is 0.667. The maximum atomic E-state index is 11.8. The summed E-state index contributed by atoms with van der Waals surface area (Å²) in [6.07, 6.45) is 0.825. The lowest BCUT2D eigenvalue weighted by Gasteiger charge is -2.31. The highest BCUT2D eigenvalue weighted by molar-refractivity contribution is 7.09. The third-order valence-corrected chi connectivity index (χ3v) is 4.10. The van der Waals surface area contributed by atoms with Gasteiger partial charge in [-0.15, -0.1) is 36.2 Å². The molecular weight excluding hydrogens is 305 g/mol. The predicted octanol–water partition coefficient (Wildman–Crippen LogP) is 1.81. The number of nitrogens with zero attached hydrogens (tertiary/aromatic N) is 1. The molecule has 0 spiro atoms. The second-order valence-electron chi connectivity index (χ2n) is 4.61.